The van der Waals surface area contributed by atoms with Crippen LogP contribution in [0, 0.1) is 11.3 Å². The molecule has 0 aliphatic rings. The van der Waals surface area contributed by atoms with Crippen LogP contribution < -0.4 is 4.74 Å². The summed E-state index contributed by atoms with van der Waals surface area (Å²) in [6.07, 6.45) is 3.00. The summed E-state index contributed by atoms with van der Waals surface area (Å²) in [7, 11) is 1.46. The number of carbonyl (C=O) groups excluding carboxylic acids is 2. The summed E-state index contributed by atoms with van der Waals surface area (Å²) in [4.78, 5) is 24.1. The Morgan fingerprint density at radius 1 is 1.07 bits per heavy atom. The van der Waals surface area contributed by atoms with Gasteiger partial charge in [-0.25, -0.2) is 9.59 Å². The molecule has 0 fully saturated rings. The van der Waals surface area contributed by atoms with Crippen LogP contribution in [0.5, 0.6) is 5.75 Å². The van der Waals surface area contributed by atoms with Gasteiger partial charge >= 0.3 is 11.9 Å². The quantitative estimate of drug-likeness (QED) is 0.519. The normalized spacial score (nSPS) is 10.1. The van der Waals surface area contributed by atoms with Gasteiger partial charge in [-0.3, -0.25) is 0 Å². The topological polar surface area (TPSA) is 99.8 Å². The van der Waals surface area contributed by atoms with E-state index in [9.17, 15) is 14.9 Å². The number of hydrogen-bond acceptors (Lipinski definition) is 7. The Morgan fingerprint density at radius 2 is 1.74 bits per heavy atom. The fourth-order valence-electron chi connectivity index (χ4n) is 2.36. The lowest BCUT2D eigenvalue weighted by Crippen LogP contribution is -2.10. The second kappa shape index (κ2) is 9.40. The molecule has 1 aromatic heterocycles. The monoisotopic (exact) mass is 372 g/mol. The van der Waals surface area contributed by atoms with E-state index < -0.39 is 11.9 Å². The molecular weight excluding hydrogens is 352 g/mol. The van der Waals surface area contributed by atoms with Gasteiger partial charge in [0.2, 0.25) is 0 Å². The molecule has 0 saturated carbocycles. The highest BCUT2D eigenvalue weighted by atomic mass is 16.7. The van der Waals surface area contributed by atoms with Crippen molar-refractivity contribution in [2.45, 2.75) is 13.8 Å². The zero-order valence-corrected chi connectivity index (χ0v) is 15.4. The highest BCUT2D eigenvalue weighted by Gasteiger charge is 2.19. The molecule has 0 saturated heterocycles. The van der Waals surface area contributed by atoms with E-state index in [0.717, 1.165) is 0 Å². The minimum Gasteiger partial charge on any atom is -0.467 e. The molecule has 0 amide bonds. The summed E-state index contributed by atoms with van der Waals surface area (Å²) in [5.74, 6) is -0.836. The van der Waals surface area contributed by atoms with Crippen LogP contribution in [0.25, 0.3) is 5.69 Å². The SMILES string of the molecule is CCOC(=O)c1cn(-c2ccc(C(=O)OCC)c(OCOC)c2)cc1C#N. The van der Waals surface area contributed by atoms with Gasteiger partial charge in [-0.05, 0) is 26.0 Å². The number of nitrogens with zero attached hydrogens (tertiary/aromatic N) is 2. The van der Waals surface area contributed by atoms with E-state index in [2.05, 4.69) is 0 Å². The lowest BCUT2D eigenvalue weighted by molar-refractivity contribution is 0.0437. The van der Waals surface area contributed by atoms with E-state index in [1.807, 2.05) is 6.07 Å². The first kappa shape index (κ1) is 20.0. The predicted octanol–water partition coefficient (Wildman–Crippen LogP) is 2.69. The lowest BCUT2D eigenvalue weighted by Gasteiger charge is -2.12. The first-order valence-corrected chi connectivity index (χ1v) is 8.28. The van der Waals surface area contributed by atoms with Gasteiger partial charge in [0.25, 0.3) is 0 Å². The second-order valence-electron chi connectivity index (χ2n) is 5.28. The fraction of sp³-hybridized carbons (Fsp3) is 0.316. The van der Waals surface area contributed by atoms with Crippen molar-refractivity contribution in [1.82, 2.24) is 4.57 Å². The molecule has 0 N–H and O–H groups in total. The summed E-state index contributed by atoms with van der Waals surface area (Å²) in [5, 5.41) is 9.27. The van der Waals surface area contributed by atoms with Crippen LogP contribution in [0.4, 0.5) is 0 Å². The third-order valence-corrected chi connectivity index (χ3v) is 3.53. The minimum atomic E-state index is -0.577. The number of esters is 2. The van der Waals surface area contributed by atoms with Gasteiger partial charge in [-0.15, -0.1) is 0 Å². The van der Waals surface area contributed by atoms with E-state index in [0.29, 0.717) is 5.69 Å². The molecule has 0 unspecified atom stereocenters. The third kappa shape index (κ3) is 4.65. The standard InChI is InChI=1S/C19H20N2O6/c1-4-25-18(22)15-7-6-14(8-17(15)27-12-24-3)21-10-13(9-20)16(11-21)19(23)26-5-2/h6-8,10-11H,4-5,12H2,1-3H3. The van der Waals surface area contributed by atoms with Gasteiger partial charge in [-0.1, -0.05) is 0 Å². The Bertz CT molecular complexity index is 866. The Labute approximate surface area is 156 Å². The van der Waals surface area contributed by atoms with Crippen LogP contribution in [-0.2, 0) is 14.2 Å². The van der Waals surface area contributed by atoms with Gasteiger partial charge in [0, 0.05) is 31.3 Å². The minimum absolute atomic E-state index is 0.0565. The number of nitriles is 1. The summed E-state index contributed by atoms with van der Waals surface area (Å²) in [6.45, 7) is 3.78. The summed E-state index contributed by atoms with van der Waals surface area (Å²) in [5.41, 5.74) is 1.17. The summed E-state index contributed by atoms with van der Waals surface area (Å²) in [6, 6.07) is 6.78. The van der Waals surface area contributed by atoms with Gasteiger partial charge in [0.15, 0.2) is 6.79 Å². The summed E-state index contributed by atoms with van der Waals surface area (Å²) < 4.78 is 21.9. The van der Waals surface area contributed by atoms with E-state index >= 15 is 0 Å². The van der Waals surface area contributed by atoms with Crippen LogP contribution in [0.2, 0.25) is 0 Å². The maximum absolute atomic E-state index is 12.1. The molecule has 2 aromatic rings. The van der Waals surface area contributed by atoms with Crippen molar-refractivity contribution in [3.05, 3.63) is 47.3 Å². The van der Waals surface area contributed by atoms with Crippen LogP contribution in [-0.4, -0.2) is 43.6 Å². The molecule has 1 heterocycles. The molecule has 0 bridgehead atoms. The van der Waals surface area contributed by atoms with E-state index in [1.54, 1.807) is 36.6 Å². The number of ether oxygens (including phenoxy) is 4. The molecule has 2 rings (SSSR count). The van der Waals surface area contributed by atoms with Gasteiger partial charge in [0.05, 0.1) is 24.3 Å². The number of methoxy groups -OCH3 is 1. The average Bonchev–Trinajstić information content (AvgIpc) is 3.11. The van der Waals surface area contributed by atoms with Gasteiger partial charge < -0.3 is 23.5 Å². The highest BCUT2D eigenvalue weighted by Crippen LogP contribution is 2.25. The maximum atomic E-state index is 12.1. The van der Waals surface area contributed by atoms with Crippen molar-refractivity contribution in [3.63, 3.8) is 0 Å². The molecule has 0 radical (unpaired) electrons. The third-order valence-electron chi connectivity index (χ3n) is 3.53. The molecule has 0 aliphatic carbocycles. The molecule has 1 aromatic carbocycles. The Balaban J connectivity index is 2.45. The number of aromatic nitrogens is 1. The van der Waals surface area contributed by atoms with E-state index in [4.69, 9.17) is 18.9 Å². The molecule has 8 nitrogen and oxygen atoms in total. The van der Waals surface area contributed by atoms with Crippen molar-refractivity contribution in [1.29, 1.82) is 5.26 Å². The van der Waals surface area contributed by atoms with Crippen molar-refractivity contribution in [3.8, 4) is 17.5 Å². The van der Waals surface area contributed by atoms with Gasteiger partial charge in [-0.2, -0.15) is 5.26 Å². The number of carbonyl (C=O) groups is 2. The van der Waals surface area contributed by atoms with Gasteiger partial charge in [0.1, 0.15) is 17.4 Å². The highest BCUT2D eigenvalue weighted by molar-refractivity contribution is 5.93. The van der Waals surface area contributed by atoms with Crippen molar-refractivity contribution >= 4 is 11.9 Å². The molecule has 0 atom stereocenters. The number of benzene rings is 1. The Kier molecular flexibility index (Phi) is 6.97. The average molecular weight is 372 g/mol. The summed E-state index contributed by atoms with van der Waals surface area (Å²) >= 11 is 0. The lowest BCUT2D eigenvalue weighted by atomic mass is 10.2. The fourth-order valence-corrected chi connectivity index (χ4v) is 2.36. The zero-order chi connectivity index (χ0) is 19.8. The molecular formula is C19H20N2O6. The molecule has 27 heavy (non-hydrogen) atoms. The Hall–Kier alpha value is -3.31. The molecule has 0 spiro atoms. The molecule has 0 aliphatic heterocycles. The largest absolute Gasteiger partial charge is 0.467 e. The van der Waals surface area contributed by atoms with Crippen LogP contribution in [0.3, 0.4) is 0 Å². The van der Waals surface area contributed by atoms with Crippen LogP contribution in [0.1, 0.15) is 40.1 Å². The van der Waals surface area contributed by atoms with Crippen LogP contribution >= 0.6 is 0 Å². The number of rotatable bonds is 8. The van der Waals surface area contributed by atoms with E-state index in [1.165, 1.54) is 19.5 Å². The molecule has 8 heteroatoms. The first-order valence-electron chi connectivity index (χ1n) is 8.28. The van der Waals surface area contributed by atoms with Crippen LogP contribution in [0.15, 0.2) is 30.6 Å². The second-order valence-corrected chi connectivity index (χ2v) is 5.28. The zero-order valence-electron chi connectivity index (χ0n) is 15.4. The van der Waals surface area contributed by atoms with E-state index in [-0.39, 0.29) is 42.4 Å². The maximum Gasteiger partial charge on any atom is 0.341 e. The smallest absolute Gasteiger partial charge is 0.341 e. The van der Waals surface area contributed by atoms with Crippen molar-refractivity contribution in [2.24, 2.45) is 0 Å². The molecule has 142 valence electrons. The predicted molar refractivity (Wildman–Crippen MR) is 94.9 cm³/mol. The number of hydrogen-bond donors (Lipinski definition) is 0. The Morgan fingerprint density at radius 3 is 2.33 bits per heavy atom. The first-order chi connectivity index (χ1) is 13.0. The van der Waals surface area contributed by atoms with Crippen molar-refractivity contribution in [2.75, 3.05) is 27.1 Å². The van der Waals surface area contributed by atoms with Crippen molar-refractivity contribution < 1.29 is 28.5 Å².